The van der Waals surface area contributed by atoms with Crippen molar-refractivity contribution in [3.05, 3.63) is 21.9 Å². The molecule has 1 aliphatic heterocycles. The molecule has 1 unspecified atom stereocenters. The molecule has 1 aromatic heterocycles. The van der Waals surface area contributed by atoms with Gasteiger partial charge in [-0.05, 0) is 18.9 Å². The highest BCUT2D eigenvalue weighted by Gasteiger charge is 2.25. The van der Waals surface area contributed by atoms with Crippen LogP contribution in [0.2, 0.25) is 0 Å². The Morgan fingerprint density at radius 3 is 3.22 bits per heavy atom. The van der Waals surface area contributed by atoms with Crippen LogP contribution >= 0.6 is 11.3 Å². The van der Waals surface area contributed by atoms with E-state index in [2.05, 4.69) is 11.8 Å². The first-order valence-corrected chi connectivity index (χ1v) is 7.04. The minimum absolute atomic E-state index is 0.118. The molecule has 2 heterocycles. The average molecular weight is 263 g/mol. The molecule has 0 saturated carbocycles. The number of carbonyl (C=O) groups is 1. The lowest BCUT2D eigenvalue weighted by Gasteiger charge is -2.30. The van der Waals surface area contributed by atoms with Gasteiger partial charge in [-0.1, -0.05) is 18.8 Å². The first kappa shape index (κ1) is 13.1. The molecular weight excluding hydrogens is 246 g/mol. The zero-order valence-electron chi connectivity index (χ0n) is 10.5. The zero-order chi connectivity index (χ0) is 13.0. The van der Waals surface area contributed by atoms with Gasteiger partial charge in [0.05, 0.1) is 6.54 Å². The van der Waals surface area contributed by atoms with Crippen molar-refractivity contribution in [1.29, 1.82) is 0 Å². The third kappa shape index (κ3) is 3.12. The number of amides is 1. The van der Waals surface area contributed by atoms with Gasteiger partial charge in [0.1, 0.15) is 6.61 Å². The van der Waals surface area contributed by atoms with Gasteiger partial charge >= 0.3 is 0 Å². The molecule has 2 rings (SSSR count). The highest BCUT2D eigenvalue weighted by atomic mass is 32.1. The predicted molar refractivity (Wildman–Crippen MR) is 72.1 cm³/mol. The van der Waals surface area contributed by atoms with Crippen molar-refractivity contribution in [1.82, 2.24) is 4.90 Å². The number of rotatable bonds is 2. The average Bonchev–Trinajstić information content (AvgIpc) is 2.80. The summed E-state index contributed by atoms with van der Waals surface area (Å²) in [7, 11) is 0. The second-order valence-corrected chi connectivity index (χ2v) is 5.56. The SMILES string of the molecule is CC1CCCN(Cc2cc(C#CCO)cs2)C1=O. The van der Waals surface area contributed by atoms with Crippen molar-refractivity contribution in [2.75, 3.05) is 13.2 Å². The molecule has 96 valence electrons. The number of hydrogen-bond acceptors (Lipinski definition) is 3. The van der Waals surface area contributed by atoms with Crippen LogP contribution in [-0.4, -0.2) is 29.1 Å². The fourth-order valence-corrected chi connectivity index (χ4v) is 2.98. The summed E-state index contributed by atoms with van der Waals surface area (Å²) in [5.41, 5.74) is 0.918. The molecule has 0 bridgehead atoms. The molecule has 1 saturated heterocycles. The number of aliphatic hydroxyl groups is 1. The van der Waals surface area contributed by atoms with Crippen LogP contribution in [0.5, 0.6) is 0 Å². The molecule has 0 spiro atoms. The summed E-state index contributed by atoms with van der Waals surface area (Å²) in [6.45, 7) is 3.43. The molecule has 18 heavy (non-hydrogen) atoms. The van der Waals surface area contributed by atoms with Crippen LogP contribution in [0, 0.1) is 17.8 Å². The maximum Gasteiger partial charge on any atom is 0.225 e. The van der Waals surface area contributed by atoms with Crippen LogP contribution in [0.25, 0.3) is 0 Å². The van der Waals surface area contributed by atoms with Gasteiger partial charge in [0.2, 0.25) is 5.91 Å². The van der Waals surface area contributed by atoms with Crippen molar-refractivity contribution in [3.8, 4) is 11.8 Å². The zero-order valence-corrected chi connectivity index (χ0v) is 11.3. The smallest absolute Gasteiger partial charge is 0.225 e. The molecule has 1 fully saturated rings. The summed E-state index contributed by atoms with van der Waals surface area (Å²) < 4.78 is 0. The van der Waals surface area contributed by atoms with E-state index in [9.17, 15) is 4.79 Å². The lowest BCUT2D eigenvalue weighted by molar-refractivity contribution is -0.138. The molecule has 1 aromatic rings. The van der Waals surface area contributed by atoms with E-state index >= 15 is 0 Å². The van der Waals surface area contributed by atoms with Crippen LogP contribution in [0.4, 0.5) is 0 Å². The standard InChI is InChI=1S/C14H17NO2S/c1-11-4-2-6-15(14(11)17)9-13-8-12(10-18-13)5-3-7-16/h8,10-11,16H,2,4,6-7,9H2,1H3. The molecule has 1 aliphatic rings. The summed E-state index contributed by atoms with van der Waals surface area (Å²) in [6, 6.07) is 2.00. The van der Waals surface area contributed by atoms with Crippen LogP contribution in [0.3, 0.4) is 0 Å². The van der Waals surface area contributed by atoms with Crippen LogP contribution in [0.15, 0.2) is 11.4 Å². The molecule has 1 atom stereocenters. The minimum atomic E-state index is -0.118. The van der Waals surface area contributed by atoms with Crippen LogP contribution in [-0.2, 0) is 11.3 Å². The monoisotopic (exact) mass is 263 g/mol. The number of piperidine rings is 1. The van der Waals surface area contributed by atoms with Crippen LogP contribution in [0.1, 0.15) is 30.2 Å². The summed E-state index contributed by atoms with van der Waals surface area (Å²) in [4.78, 5) is 15.1. The van der Waals surface area contributed by atoms with E-state index in [1.807, 2.05) is 23.3 Å². The Labute approximate surface area is 111 Å². The highest BCUT2D eigenvalue weighted by molar-refractivity contribution is 7.10. The van der Waals surface area contributed by atoms with Gasteiger partial charge in [-0.2, -0.15) is 0 Å². The number of aliphatic hydroxyl groups excluding tert-OH is 1. The Morgan fingerprint density at radius 1 is 1.61 bits per heavy atom. The number of likely N-dealkylation sites (tertiary alicyclic amines) is 1. The van der Waals surface area contributed by atoms with Crippen molar-refractivity contribution >= 4 is 17.2 Å². The number of hydrogen-bond donors (Lipinski definition) is 1. The van der Waals surface area contributed by atoms with Gasteiger partial charge < -0.3 is 10.0 Å². The van der Waals surface area contributed by atoms with Gasteiger partial charge in [0.25, 0.3) is 0 Å². The van der Waals surface area contributed by atoms with Gasteiger partial charge in [-0.3, -0.25) is 4.79 Å². The Kier molecular flexibility index (Phi) is 4.40. The maximum atomic E-state index is 12.0. The largest absolute Gasteiger partial charge is 0.384 e. The van der Waals surface area contributed by atoms with Crippen LogP contribution < -0.4 is 0 Å². The van der Waals surface area contributed by atoms with E-state index in [-0.39, 0.29) is 18.4 Å². The molecule has 0 radical (unpaired) electrons. The first-order chi connectivity index (χ1) is 8.70. The Morgan fingerprint density at radius 2 is 2.44 bits per heavy atom. The molecule has 0 aromatic carbocycles. The molecule has 0 aliphatic carbocycles. The Balaban J connectivity index is 2.00. The maximum absolute atomic E-state index is 12.0. The molecule has 4 heteroatoms. The second-order valence-electron chi connectivity index (χ2n) is 4.56. The quantitative estimate of drug-likeness (QED) is 0.827. The lowest BCUT2D eigenvalue weighted by Crippen LogP contribution is -2.39. The summed E-state index contributed by atoms with van der Waals surface area (Å²) in [6.07, 6.45) is 2.10. The van der Waals surface area contributed by atoms with E-state index in [1.54, 1.807) is 11.3 Å². The summed E-state index contributed by atoms with van der Waals surface area (Å²) >= 11 is 1.62. The van der Waals surface area contributed by atoms with Crippen molar-refractivity contribution in [2.45, 2.75) is 26.3 Å². The normalized spacial score (nSPS) is 19.6. The fraction of sp³-hybridized carbons (Fsp3) is 0.500. The Bertz CT molecular complexity index is 483. The van der Waals surface area contributed by atoms with Gasteiger partial charge in [-0.15, -0.1) is 11.3 Å². The minimum Gasteiger partial charge on any atom is -0.384 e. The third-order valence-electron chi connectivity index (χ3n) is 3.11. The van der Waals surface area contributed by atoms with E-state index < -0.39 is 0 Å². The van der Waals surface area contributed by atoms with Gasteiger partial charge in [0, 0.05) is 28.3 Å². The molecule has 1 N–H and O–H groups in total. The second kappa shape index (κ2) is 6.03. The third-order valence-corrected chi connectivity index (χ3v) is 4.03. The van der Waals surface area contributed by atoms with Crippen molar-refractivity contribution < 1.29 is 9.90 Å². The summed E-state index contributed by atoms with van der Waals surface area (Å²) in [5, 5.41) is 10.6. The number of nitrogens with zero attached hydrogens (tertiary/aromatic N) is 1. The predicted octanol–water partition coefficient (Wildman–Crippen LogP) is 1.85. The van der Waals surface area contributed by atoms with Gasteiger partial charge in [0.15, 0.2) is 0 Å². The van der Waals surface area contributed by atoms with Gasteiger partial charge in [-0.25, -0.2) is 0 Å². The molecule has 3 nitrogen and oxygen atoms in total. The number of carbonyl (C=O) groups excluding carboxylic acids is 1. The van der Waals surface area contributed by atoms with E-state index in [0.717, 1.165) is 29.8 Å². The fourth-order valence-electron chi connectivity index (χ4n) is 2.15. The summed E-state index contributed by atoms with van der Waals surface area (Å²) in [5.74, 6) is 5.93. The Hall–Kier alpha value is -1.31. The molecular formula is C14H17NO2S. The van der Waals surface area contributed by atoms with Crippen molar-refractivity contribution in [3.63, 3.8) is 0 Å². The topological polar surface area (TPSA) is 40.5 Å². The number of thiophene rings is 1. The van der Waals surface area contributed by atoms with Crippen molar-refractivity contribution in [2.24, 2.45) is 5.92 Å². The van der Waals surface area contributed by atoms with E-state index in [4.69, 9.17) is 5.11 Å². The van der Waals surface area contributed by atoms with E-state index in [0.29, 0.717) is 6.54 Å². The van der Waals surface area contributed by atoms with E-state index in [1.165, 1.54) is 0 Å². The highest BCUT2D eigenvalue weighted by Crippen LogP contribution is 2.22. The first-order valence-electron chi connectivity index (χ1n) is 6.16. The molecule has 1 amide bonds. The lowest BCUT2D eigenvalue weighted by atomic mass is 9.99.